The highest BCUT2D eigenvalue weighted by atomic mass is 16.5. The number of hydrogen-bond donors (Lipinski definition) is 0. The molecule has 0 fully saturated rings. The third kappa shape index (κ3) is 2.08. The molecule has 0 atom stereocenters. The van der Waals surface area contributed by atoms with Crippen LogP contribution >= 0.6 is 0 Å². The van der Waals surface area contributed by atoms with Gasteiger partial charge in [-0.15, -0.1) is 0 Å². The quantitative estimate of drug-likeness (QED) is 0.651. The molecular weight excluding hydrogens is 168 g/mol. The van der Waals surface area contributed by atoms with Gasteiger partial charge in [0.2, 0.25) is 5.88 Å². The zero-order valence-electron chi connectivity index (χ0n) is 8.37. The van der Waals surface area contributed by atoms with Crippen molar-refractivity contribution in [2.45, 2.75) is 26.3 Å². The molecule has 1 aromatic heterocycles. The van der Waals surface area contributed by atoms with E-state index in [4.69, 9.17) is 4.74 Å². The van der Waals surface area contributed by atoms with Crippen LogP contribution in [0.15, 0.2) is 17.1 Å². The molecule has 0 saturated carbocycles. The van der Waals surface area contributed by atoms with E-state index < -0.39 is 0 Å². The summed E-state index contributed by atoms with van der Waals surface area (Å²) >= 11 is 0. The number of rotatable bonds is 1. The molecule has 0 aliphatic carbocycles. The summed E-state index contributed by atoms with van der Waals surface area (Å²) in [5, 5.41) is 0. The summed E-state index contributed by atoms with van der Waals surface area (Å²) < 4.78 is 6.40. The van der Waals surface area contributed by atoms with Crippen molar-refractivity contribution in [3.8, 4) is 5.88 Å². The Morgan fingerprint density at radius 1 is 1.46 bits per heavy atom. The Morgan fingerprint density at radius 2 is 2.08 bits per heavy atom. The maximum atomic E-state index is 11.4. The van der Waals surface area contributed by atoms with Gasteiger partial charge in [0, 0.05) is 17.8 Å². The number of ether oxygens (including phenoxy) is 1. The van der Waals surface area contributed by atoms with E-state index in [1.807, 2.05) is 20.8 Å². The van der Waals surface area contributed by atoms with Gasteiger partial charge in [0.15, 0.2) is 0 Å². The van der Waals surface area contributed by atoms with Crippen LogP contribution in [0.1, 0.15) is 20.8 Å². The van der Waals surface area contributed by atoms with Crippen molar-refractivity contribution in [2.24, 2.45) is 0 Å². The topological polar surface area (TPSA) is 44.1 Å². The molecule has 0 spiro atoms. The molecule has 0 aromatic carbocycles. The fraction of sp³-hybridized carbons (Fsp3) is 0.556. The zero-order valence-corrected chi connectivity index (χ0v) is 8.37. The Hall–Kier alpha value is -1.32. The van der Waals surface area contributed by atoms with Crippen LogP contribution in [0.4, 0.5) is 0 Å². The summed E-state index contributed by atoms with van der Waals surface area (Å²) in [6, 6.07) is 1.67. The molecule has 72 valence electrons. The van der Waals surface area contributed by atoms with E-state index in [1.54, 1.807) is 16.8 Å². The number of methoxy groups -OCH3 is 1. The summed E-state index contributed by atoms with van der Waals surface area (Å²) in [4.78, 5) is 15.2. The van der Waals surface area contributed by atoms with Gasteiger partial charge in [0.1, 0.15) is 0 Å². The van der Waals surface area contributed by atoms with Crippen LogP contribution in [0.2, 0.25) is 0 Å². The van der Waals surface area contributed by atoms with Gasteiger partial charge in [-0.25, -0.2) is 4.79 Å². The van der Waals surface area contributed by atoms with Crippen LogP contribution < -0.4 is 10.4 Å². The molecule has 0 amide bonds. The van der Waals surface area contributed by atoms with E-state index in [-0.39, 0.29) is 11.2 Å². The maximum absolute atomic E-state index is 11.4. The van der Waals surface area contributed by atoms with Gasteiger partial charge in [-0.05, 0) is 20.8 Å². The van der Waals surface area contributed by atoms with E-state index in [2.05, 4.69) is 4.98 Å². The van der Waals surface area contributed by atoms with Crippen molar-refractivity contribution in [2.75, 3.05) is 7.11 Å². The predicted octanol–water partition coefficient (Wildman–Crippen LogP) is 1.01. The van der Waals surface area contributed by atoms with Crippen LogP contribution in [0.5, 0.6) is 5.88 Å². The molecule has 4 nitrogen and oxygen atoms in total. The Balaban J connectivity index is 3.21. The summed E-state index contributed by atoms with van der Waals surface area (Å²) in [5.41, 5.74) is -0.525. The second-order valence-corrected chi connectivity index (χ2v) is 3.79. The SMILES string of the molecule is COc1ccn(C(C)(C)C)c(=O)n1. The first-order valence-electron chi connectivity index (χ1n) is 4.09. The minimum atomic E-state index is -0.285. The summed E-state index contributed by atoms with van der Waals surface area (Å²) in [6.07, 6.45) is 1.69. The lowest BCUT2D eigenvalue weighted by atomic mass is 10.1. The molecule has 0 radical (unpaired) electrons. The van der Waals surface area contributed by atoms with E-state index in [0.717, 1.165) is 0 Å². The molecule has 13 heavy (non-hydrogen) atoms. The fourth-order valence-electron chi connectivity index (χ4n) is 1.01. The number of aromatic nitrogens is 2. The first kappa shape index (κ1) is 9.77. The Morgan fingerprint density at radius 3 is 2.46 bits per heavy atom. The van der Waals surface area contributed by atoms with E-state index >= 15 is 0 Å². The molecule has 0 unspecified atom stereocenters. The second-order valence-electron chi connectivity index (χ2n) is 3.79. The van der Waals surface area contributed by atoms with Gasteiger partial charge >= 0.3 is 5.69 Å². The van der Waals surface area contributed by atoms with Crippen LogP contribution in [0, 0.1) is 0 Å². The van der Waals surface area contributed by atoms with Crippen LogP contribution in [-0.4, -0.2) is 16.7 Å². The van der Waals surface area contributed by atoms with Crippen molar-refractivity contribution in [1.29, 1.82) is 0 Å². The average Bonchev–Trinajstić information content (AvgIpc) is 2.01. The van der Waals surface area contributed by atoms with Crippen molar-refractivity contribution in [3.63, 3.8) is 0 Å². The predicted molar refractivity (Wildman–Crippen MR) is 50.0 cm³/mol. The summed E-state index contributed by atoms with van der Waals surface area (Å²) in [5.74, 6) is 0.352. The van der Waals surface area contributed by atoms with Gasteiger partial charge < -0.3 is 4.74 Å². The van der Waals surface area contributed by atoms with Crippen molar-refractivity contribution in [3.05, 3.63) is 22.7 Å². The minimum absolute atomic E-state index is 0.240. The summed E-state index contributed by atoms with van der Waals surface area (Å²) in [7, 11) is 1.49. The fourth-order valence-corrected chi connectivity index (χ4v) is 1.01. The van der Waals surface area contributed by atoms with Crippen molar-refractivity contribution >= 4 is 0 Å². The van der Waals surface area contributed by atoms with Gasteiger partial charge in [-0.3, -0.25) is 4.57 Å². The van der Waals surface area contributed by atoms with Crippen LogP contribution in [-0.2, 0) is 5.54 Å². The standard InChI is InChI=1S/C9H14N2O2/c1-9(2,3)11-6-5-7(13-4)10-8(11)12/h5-6H,1-4H3. The third-order valence-electron chi connectivity index (χ3n) is 1.71. The molecule has 4 heteroatoms. The molecular formula is C9H14N2O2. The highest BCUT2D eigenvalue weighted by Crippen LogP contribution is 2.11. The number of nitrogens with zero attached hydrogens (tertiary/aromatic N) is 2. The molecule has 0 aliphatic heterocycles. The van der Waals surface area contributed by atoms with Crippen LogP contribution in [0.25, 0.3) is 0 Å². The summed E-state index contributed by atoms with van der Waals surface area (Å²) in [6.45, 7) is 5.84. The third-order valence-corrected chi connectivity index (χ3v) is 1.71. The highest BCUT2D eigenvalue weighted by Gasteiger charge is 2.14. The zero-order chi connectivity index (χ0) is 10.1. The smallest absolute Gasteiger partial charge is 0.351 e. The molecule has 1 heterocycles. The lowest BCUT2D eigenvalue weighted by Crippen LogP contribution is -2.34. The minimum Gasteiger partial charge on any atom is -0.481 e. The first-order valence-corrected chi connectivity index (χ1v) is 4.09. The largest absolute Gasteiger partial charge is 0.481 e. The lowest BCUT2D eigenvalue weighted by Gasteiger charge is -2.21. The van der Waals surface area contributed by atoms with Gasteiger partial charge in [-0.2, -0.15) is 4.98 Å². The van der Waals surface area contributed by atoms with Crippen LogP contribution in [0.3, 0.4) is 0 Å². The average molecular weight is 182 g/mol. The normalized spacial score (nSPS) is 11.4. The molecule has 1 rings (SSSR count). The van der Waals surface area contributed by atoms with E-state index in [9.17, 15) is 4.79 Å². The molecule has 0 aliphatic rings. The molecule has 1 aromatic rings. The Kier molecular flexibility index (Phi) is 2.40. The molecule has 0 saturated heterocycles. The Labute approximate surface area is 77.2 Å². The Bertz CT molecular complexity index is 349. The maximum Gasteiger partial charge on any atom is 0.351 e. The van der Waals surface area contributed by atoms with Gasteiger partial charge in [0.25, 0.3) is 0 Å². The van der Waals surface area contributed by atoms with E-state index in [1.165, 1.54) is 7.11 Å². The molecule has 0 bridgehead atoms. The lowest BCUT2D eigenvalue weighted by molar-refractivity contribution is 0.356. The second kappa shape index (κ2) is 3.20. The monoisotopic (exact) mass is 182 g/mol. The molecule has 0 N–H and O–H groups in total. The van der Waals surface area contributed by atoms with Crippen molar-refractivity contribution in [1.82, 2.24) is 9.55 Å². The van der Waals surface area contributed by atoms with Gasteiger partial charge in [-0.1, -0.05) is 0 Å². The van der Waals surface area contributed by atoms with E-state index in [0.29, 0.717) is 5.88 Å². The highest BCUT2D eigenvalue weighted by molar-refractivity contribution is 5.06. The first-order chi connectivity index (χ1) is 5.95. The number of hydrogen-bond acceptors (Lipinski definition) is 3. The van der Waals surface area contributed by atoms with Crippen molar-refractivity contribution < 1.29 is 4.74 Å². The van der Waals surface area contributed by atoms with Gasteiger partial charge in [0.05, 0.1) is 7.11 Å².